The first kappa shape index (κ1) is 18.0. The fourth-order valence-corrected chi connectivity index (χ4v) is 3.68. The second-order valence-electron chi connectivity index (χ2n) is 6.27. The second kappa shape index (κ2) is 6.64. The Morgan fingerprint density at radius 2 is 2.07 bits per heavy atom. The summed E-state index contributed by atoms with van der Waals surface area (Å²) < 4.78 is 3.01. The van der Waals surface area contributed by atoms with E-state index in [-0.39, 0.29) is 22.0 Å². The lowest BCUT2D eigenvalue weighted by Gasteiger charge is -2.13. The maximum absolute atomic E-state index is 13.1. The van der Waals surface area contributed by atoms with Crippen LogP contribution in [0.2, 0.25) is 0 Å². The van der Waals surface area contributed by atoms with Crippen molar-refractivity contribution < 1.29 is 4.79 Å². The van der Waals surface area contributed by atoms with E-state index in [0.29, 0.717) is 28.0 Å². The monoisotopic (exact) mass is 395 g/mol. The van der Waals surface area contributed by atoms with Crippen molar-refractivity contribution in [3.8, 4) is 0 Å². The SMILES string of the molecule is CCn1c(=N)c(C(=O)Nc2nnc(C)s2)cc2c(=O)n3cccc(C)c3nc21. The highest BCUT2D eigenvalue weighted by Crippen LogP contribution is 2.16. The normalized spacial score (nSPS) is 11.2. The zero-order valence-electron chi connectivity index (χ0n) is 15.5. The van der Waals surface area contributed by atoms with Gasteiger partial charge in [-0.25, -0.2) is 4.98 Å². The van der Waals surface area contributed by atoms with Gasteiger partial charge in [0.05, 0.1) is 10.9 Å². The van der Waals surface area contributed by atoms with Crippen molar-refractivity contribution in [1.29, 1.82) is 5.41 Å². The van der Waals surface area contributed by atoms with Crippen molar-refractivity contribution in [2.75, 3.05) is 5.32 Å². The fraction of sp³-hybridized carbons (Fsp3) is 0.222. The molecule has 10 heteroatoms. The highest BCUT2D eigenvalue weighted by molar-refractivity contribution is 7.15. The van der Waals surface area contributed by atoms with E-state index in [1.165, 1.54) is 21.8 Å². The van der Waals surface area contributed by atoms with Gasteiger partial charge >= 0.3 is 0 Å². The quantitative estimate of drug-likeness (QED) is 0.514. The summed E-state index contributed by atoms with van der Waals surface area (Å²) in [6, 6.07) is 5.07. The smallest absolute Gasteiger partial charge is 0.267 e. The number of carbonyl (C=O) groups excluding carboxylic acids is 1. The Hall–Kier alpha value is -3.40. The predicted molar refractivity (Wildman–Crippen MR) is 106 cm³/mol. The van der Waals surface area contributed by atoms with Crippen LogP contribution in [0, 0.1) is 19.3 Å². The van der Waals surface area contributed by atoms with E-state index in [9.17, 15) is 9.59 Å². The van der Waals surface area contributed by atoms with Gasteiger partial charge in [0.15, 0.2) is 0 Å². The van der Waals surface area contributed by atoms with Crippen LogP contribution in [0.1, 0.15) is 27.9 Å². The molecular weight excluding hydrogens is 378 g/mol. The standard InChI is InChI=1S/C18H17N7O2S/c1-4-24-13(19)11(16(26)21-18-23-22-10(3)28-18)8-12-15(24)20-14-9(2)6-5-7-25(14)17(12)27/h5-8,19H,4H2,1-3H3,(H,21,23,26). The fourth-order valence-electron chi connectivity index (χ4n) is 3.09. The molecule has 0 saturated heterocycles. The molecule has 142 valence electrons. The average Bonchev–Trinajstić information content (AvgIpc) is 3.07. The number of aromatic nitrogens is 5. The third kappa shape index (κ3) is 2.78. The number of nitrogens with one attached hydrogen (secondary N) is 2. The van der Waals surface area contributed by atoms with E-state index in [1.807, 2.05) is 19.9 Å². The van der Waals surface area contributed by atoms with Gasteiger partial charge < -0.3 is 4.57 Å². The molecule has 0 aliphatic rings. The van der Waals surface area contributed by atoms with E-state index in [2.05, 4.69) is 20.5 Å². The first-order chi connectivity index (χ1) is 13.4. The zero-order valence-corrected chi connectivity index (χ0v) is 16.3. The van der Waals surface area contributed by atoms with Crippen molar-refractivity contribution in [2.45, 2.75) is 27.3 Å². The Kier molecular flexibility index (Phi) is 4.27. The lowest BCUT2D eigenvalue weighted by molar-refractivity contribution is 0.102. The Bertz CT molecular complexity index is 1370. The highest BCUT2D eigenvalue weighted by Gasteiger charge is 2.18. The number of hydrogen-bond acceptors (Lipinski definition) is 7. The van der Waals surface area contributed by atoms with E-state index in [0.717, 1.165) is 5.56 Å². The maximum Gasteiger partial charge on any atom is 0.267 e. The number of anilines is 1. The molecule has 0 spiro atoms. The van der Waals surface area contributed by atoms with Crippen molar-refractivity contribution in [2.24, 2.45) is 0 Å². The second-order valence-corrected chi connectivity index (χ2v) is 7.45. The topological polar surface area (TPSA) is 118 Å². The Labute approximate surface area is 162 Å². The maximum atomic E-state index is 13.1. The Balaban J connectivity index is 1.98. The number of nitrogens with zero attached hydrogens (tertiary/aromatic N) is 5. The molecule has 4 heterocycles. The van der Waals surface area contributed by atoms with Crippen LogP contribution in [-0.2, 0) is 6.54 Å². The molecular formula is C18H17N7O2S. The molecule has 9 nitrogen and oxygen atoms in total. The van der Waals surface area contributed by atoms with Crippen molar-refractivity contribution in [3.63, 3.8) is 0 Å². The van der Waals surface area contributed by atoms with Crippen LogP contribution in [0.25, 0.3) is 16.7 Å². The number of pyridine rings is 2. The number of carbonyl (C=O) groups is 1. The average molecular weight is 395 g/mol. The lowest BCUT2D eigenvalue weighted by atomic mass is 10.2. The number of hydrogen-bond donors (Lipinski definition) is 2. The van der Waals surface area contributed by atoms with Gasteiger partial charge in [0, 0.05) is 12.7 Å². The summed E-state index contributed by atoms with van der Waals surface area (Å²) in [5.41, 5.74) is 1.54. The molecule has 28 heavy (non-hydrogen) atoms. The van der Waals surface area contributed by atoms with Gasteiger partial charge in [-0.1, -0.05) is 17.4 Å². The van der Waals surface area contributed by atoms with E-state index >= 15 is 0 Å². The van der Waals surface area contributed by atoms with Crippen LogP contribution in [0.4, 0.5) is 5.13 Å². The summed E-state index contributed by atoms with van der Waals surface area (Å²) in [5.74, 6) is -0.515. The van der Waals surface area contributed by atoms with Crippen LogP contribution in [-0.4, -0.2) is 30.1 Å². The molecule has 0 radical (unpaired) electrons. The minimum absolute atomic E-state index is 0.0152. The number of rotatable bonds is 3. The van der Waals surface area contributed by atoms with Crippen LogP contribution in [0.5, 0.6) is 0 Å². The summed E-state index contributed by atoms with van der Waals surface area (Å²) in [4.78, 5) is 30.4. The molecule has 0 bridgehead atoms. The third-order valence-electron chi connectivity index (χ3n) is 4.44. The van der Waals surface area contributed by atoms with Crippen molar-refractivity contribution in [3.05, 3.63) is 56.4 Å². The Morgan fingerprint density at radius 3 is 2.75 bits per heavy atom. The highest BCUT2D eigenvalue weighted by atomic mass is 32.1. The summed E-state index contributed by atoms with van der Waals surface area (Å²) in [5, 5.41) is 20.2. The zero-order chi connectivity index (χ0) is 20.0. The number of aryl methyl sites for hydroxylation is 3. The molecule has 0 aliphatic carbocycles. The molecule has 0 fully saturated rings. The molecule has 0 aliphatic heterocycles. The van der Waals surface area contributed by atoms with Gasteiger partial charge in [0.2, 0.25) is 5.13 Å². The molecule has 2 N–H and O–H groups in total. The minimum atomic E-state index is -0.515. The Morgan fingerprint density at radius 1 is 1.29 bits per heavy atom. The summed E-state index contributed by atoms with van der Waals surface area (Å²) in [7, 11) is 0. The molecule has 0 aromatic carbocycles. The van der Waals surface area contributed by atoms with Gasteiger partial charge in [0.1, 0.15) is 21.8 Å². The molecule has 4 aromatic heterocycles. The molecule has 0 unspecified atom stereocenters. The molecule has 0 atom stereocenters. The van der Waals surface area contributed by atoms with Crippen LogP contribution >= 0.6 is 11.3 Å². The summed E-state index contributed by atoms with van der Waals surface area (Å²) in [6.45, 7) is 5.89. The van der Waals surface area contributed by atoms with Crippen LogP contribution in [0.3, 0.4) is 0 Å². The molecule has 0 saturated carbocycles. The van der Waals surface area contributed by atoms with E-state index < -0.39 is 5.91 Å². The minimum Gasteiger partial charge on any atom is -0.310 e. The van der Waals surface area contributed by atoms with Crippen LogP contribution < -0.4 is 16.4 Å². The van der Waals surface area contributed by atoms with Gasteiger partial charge in [-0.3, -0.25) is 24.7 Å². The molecule has 1 amide bonds. The predicted octanol–water partition coefficient (Wildman–Crippen LogP) is 1.87. The van der Waals surface area contributed by atoms with Gasteiger partial charge in [0.25, 0.3) is 11.5 Å². The van der Waals surface area contributed by atoms with Gasteiger partial charge in [-0.15, -0.1) is 10.2 Å². The largest absolute Gasteiger partial charge is 0.310 e. The van der Waals surface area contributed by atoms with E-state index in [1.54, 1.807) is 23.8 Å². The van der Waals surface area contributed by atoms with Gasteiger partial charge in [-0.2, -0.15) is 0 Å². The summed E-state index contributed by atoms with van der Waals surface area (Å²) >= 11 is 1.24. The number of amides is 1. The molecule has 4 aromatic rings. The number of fused-ring (bicyclic) bond motifs is 2. The lowest BCUT2D eigenvalue weighted by Crippen LogP contribution is -2.31. The molecule has 4 rings (SSSR count). The van der Waals surface area contributed by atoms with E-state index in [4.69, 9.17) is 5.41 Å². The van der Waals surface area contributed by atoms with Crippen LogP contribution in [0.15, 0.2) is 29.2 Å². The third-order valence-corrected chi connectivity index (χ3v) is 5.20. The van der Waals surface area contributed by atoms with Crippen molar-refractivity contribution in [1.82, 2.24) is 24.1 Å². The van der Waals surface area contributed by atoms with Crippen molar-refractivity contribution >= 4 is 39.1 Å². The first-order valence-corrected chi connectivity index (χ1v) is 9.44. The summed E-state index contributed by atoms with van der Waals surface area (Å²) in [6.07, 6.45) is 1.64. The first-order valence-electron chi connectivity index (χ1n) is 8.62. The van der Waals surface area contributed by atoms with Gasteiger partial charge in [-0.05, 0) is 38.5 Å².